The summed E-state index contributed by atoms with van der Waals surface area (Å²) in [7, 11) is 2.08. The van der Waals surface area contributed by atoms with E-state index < -0.39 is 0 Å². The number of rotatable bonds is 5. The third kappa shape index (κ3) is 4.00. The quantitative estimate of drug-likeness (QED) is 0.464. The molecule has 1 aliphatic rings. The highest BCUT2D eigenvalue weighted by Crippen LogP contribution is 2.26. The number of fused-ring (bicyclic) bond motifs is 2. The average Bonchev–Trinajstić information content (AvgIpc) is 3.27. The zero-order valence-electron chi connectivity index (χ0n) is 17.4. The standard InChI is InChI=1S/C24H24N6O/c1-30-11-10-19-21(15-30)27-24(28-22(19)26-12-16-6-3-2-4-7-16)29-23(31)18-9-5-8-17-13-25-14-20(17)18/h2-9,13-14,25H,10-12,15H2,1H3,(H2,26,27,28,29,31). The second-order valence-electron chi connectivity index (χ2n) is 7.87. The molecule has 7 heteroatoms. The summed E-state index contributed by atoms with van der Waals surface area (Å²) in [6.07, 6.45) is 4.59. The molecule has 1 aliphatic heterocycles. The maximum atomic E-state index is 13.0. The number of anilines is 2. The van der Waals surface area contributed by atoms with Gasteiger partial charge in [0.05, 0.1) is 5.69 Å². The molecule has 0 atom stereocenters. The highest BCUT2D eigenvalue weighted by atomic mass is 16.1. The first-order chi connectivity index (χ1) is 15.2. The van der Waals surface area contributed by atoms with E-state index in [9.17, 15) is 4.79 Å². The first-order valence-corrected chi connectivity index (χ1v) is 10.4. The van der Waals surface area contributed by atoms with Gasteiger partial charge in [0.1, 0.15) is 5.82 Å². The van der Waals surface area contributed by atoms with Gasteiger partial charge in [-0.15, -0.1) is 0 Å². The fraction of sp³-hybridized carbons (Fsp3) is 0.208. The highest BCUT2D eigenvalue weighted by molar-refractivity contribution is 6.12. The minimum Gasteiger partial charge on any atom is -0.366 e. The van der Waals surface area contributed by atoms with E-state index in [1.54, 1.807) is 0 Å². The molecule has 0 fully saturated rings. The highest BCUT2D eigenvalue weighted by Gasteiger charge is 2.22. The molecule has 3 heterocycles. The average molecular weight is 412 g/mol. The van der Waals surface area contributed by atoms with Crippen molar-refractivity contribution in [2.24, 2.45) is 0 Å². The van der Waals surface area contributed by atoms with Gasteiger partial charge < -0.3 is 15.2 Å². The number of hydrogen-bond donors (Lipinski definition) is 3. The number of nitrogens with one attached hydrogen (secondary N) is 3. The Morgan fingerprint density at radius 2 is 1.97 bits per heavy atom. The van der Waals surface area contributed by atoms with E-state index in [4.69, 9.17) is 0 Å². The molecule has 0 saturated carbocycles. The predicted molar refractivity (Wildman–Crippen MR) is 122 cm³/mol. The number of likely N-dealkylation sites (N-methyl/N-ethyl adjacent to an activating group) is 1. The van der Waals surface area contributed by atoms with Gasteiger partial charge in [-0.05, 0) is 30.5 Å². The molecule has 0 unspecified atom stereocenters. The second kappa shape index (κ2) is 8.20. The van der Waals surface area contributed by atoms with Gasteiger partial charge in [0, 0.05) is 48.5 Å². The lowest BCUT2D eigenvalue weighted by atomic mass is 10.1. The molecular weight excluding hydrogens is 388 g/mol. The van der Waals surface area contributed by atoms with Crippen LogP contribution in [0.15, 0.2) is 60.9 Å². The summed E-state index contributed by atoms with van der Waals surface area (Å²) in [6, 6.07) is 15.9. The predicted octanol–water partition coefficient (Wildman–Crippen LogP) is 3.81. The summed E-state index contributed by atoms with van der Waals surface area (Å²) in [4.78, 5) is 27.7. The molecule has 7 nitrogen and oxygen atoms in total. The Hall–Kier alpha value is -3.71. The SMILES string of the molecule is CN1CCc2c(nc(NC(=O)c3cccc4c[nH]cc34)nc2NCc2ccccc2)C1. The zero-order valence-corrected chi connectivity index (χ0v) is 17.4. The molecule has 3 N–H and O–H groups in total. The van der Waals surface area contributed by atoms with E-state index in [2.05, 4.69) is 49.7 Å². The molecule has 0 aliphatic carbocycles. The topological polar surface area (TPSA) is 85.9 Å². The molecule has 0 bridgehead atoms. The fourth-order valence-corrected chi connectivity index (χ4v) is 4.00. The van der Waals surface area contributed by atoms with Crippen LogP contribution >= 0.6 is 0 Å². The maximum absolute atomic E-state index is 13.0. The van der Waals surface area contributed by atoms with E-state index in [0.717, 1.165) is 47.4 Å². The summed E-state index contributed by atoms with van der Waals surface area (Å²) >= 11 is 0. The summed E-state index contributed by atoms with van der Waals surface area (Å²) < 4.78 is 0. The van der Waals surface area contributed by atoms with E-state index in [0.29, 0.717) is 18.1 Å². The lowest BCUT2D eigenvalue weighted by Gasteiger charge is -2.26. The summed E-state index contributed by atoms with van der Waals surface area (Å²) in [5.74, 6) is 0.891. The number of nitrogens with zero attached hydrogens (tertiary/aromatic N) is 3. The summed E-state index contributed by atoms with van der Waals surface area (Å²) in [6.45, 7) is 2.35. The first-order valence-electron chi connectivity index (χ1n) is 10.4. The summed E-state index contributed by atoms with van der Waals surface area (Å²) in [5, 5.41) is 8.23. The molecule has 2 aromatic heterocycles. The number of H-pyrrole nitrogens is 1. The van der Waals surface area contributed by atoms with Crippen LogP contribution in [0.4, 0.5) is 11.8 Å². The van der Waals surface area contributed by atoms with E-state index in [1.807, 2.05) is 48.8 Å². The zero-order chi connectivity index (χ0) is 21.2. The van der Waals surface area contributed by atoms with Crippen LogP contribution in [-0.2, 0) is 19.5 Å². The Morgan fingerprint density at radius 3 is 2.84 bits per heavy atom. The molecule has 1 amide bonds. The number of hydrogen-bond acceptors (Lipinski definition) is 5. The van der Waals surface area contributed by atoms with Gasteiger partial charge in [-0.25, -0.2) is 4.98 Å². The largest absolute Gasteiger partial charge is 0.366 e. The van der Waals surface area contributed by atoms with Crippen LogP contribution < -0.4 is 10.6 Å². The fourth-order valence-electron chi connectivity index (χ4n) is 4.00. The molecule has 0 radical (unpaired) electrons. The Labute approximate surface area is 180 Å². The van der Waals surface area contributed by atoms with Gasteiger partial charge in [-0.3, -0.25) is 10.1 Å². The van der Waals surface area contributed by atoms with Crippen LogP contribution in [0.1, 0.15) is 27.2 Å². The van der Waals surface area contributed by atoms with Crippen LogP contribution in [0.25, 0.3) is 10.8 Å². The van der Waals surface area contributed by atoms with Crippen molar-refractivity contribution in [2.75, 3.05) is 24.2 Å². The van der Waals surface area contributed by atoms with E-state index in [-0.39, 0.29) is 5.91 Å². The lowest BCUT2D eigenvalue weighted by Crippen LogP contribution is -2.29. The number of aromatic amines is 1. The smallest absolute Gasteiger partial charge is 0.258 e. The Balaban J connectivity index is 1.44. The molecular formula is C24H24N6O. The van der Waals surface area contributed by atoms with Crippen LogP contribution in [0.2, 0.25) is 0 Å². The third-order valence-electron chi connectivity index (χ3n) is 5.64. The summed E-state index contributed by atoms with van der Waals surface area (Å²) in [5.41, 5.74) is 3.85. The molecule has 0 saturated heterocycles. The number of carbonyl (C=O) groups is 1. The molecule has 5 rings (SSSR count). The first kappa shape index (κ1) is 19.3. The Kier molecular flexibility index (Phi) is 5.09. The van der Waals surface area contributed by atoms with Gasteiger partial charge in [0.15, 0.2) is 0 Å². The van der Waals surface area contributed by atoms with Crippen molar-refractivity contribution in [3.63, 3.8) is 0 Å². The van der Waals surface area contributed by atoms with Gasteiger partial charge in [0.25, 0.3) is 5.91 Å². The minimum atomic E-state index is -0.219. The van der Waals surface area contributed by atoms with Crippen molar-refractivity contribution in [2.45, 2.75) is 19.5 Å². The molecule has 31 heavy (non-hydrogen) atoms. The normalized spacial score (nSPS) is 13.7. The van der Waals surface area contributed by atoms with Crippen LogP contribution in [0.5, 0.6) is 0 Å². The van der Waals surface area contributed by atoms with E-state index >= 15 is 0 Å². The second-order valence-corrected chi connectivity index (χ2v) is 7.87. The number of aromatic nitrogens is 3. The lowest BCUT2D eigenvalue weighted by molar-refractivity contribution is 0.102. The minimum absolute atomic E-state index is 0.219. The molecule has 0 spiro atoms. The van der Waals surface area contributed by atoms with Crippen molar-refractivity contribution in [1.82, 2.24) is 19.9 Å². The van der Waals surface area contributed by atoms with Crippen LogP contribution in [-0.4, -0.2) is 39.4 Å². The van der Waals surface area contributed by atoms with Crippen molar-refractivity contribution < 1.29 is 4.79 Å². The maximum Gasteiger partial charge on any atom is 0.258 e. The molecule has 4 aromatic rings. The Morgan fingerprint density at radius 1 is 1.10 bits per heavy atom. The number of benzene rings is 2. The number of carbonyl (C=O) groups excluding carboxylic acids is 1. The third-order valence-corrected chi connectivity index (χ3v) is 5.64. The van der Waals surface area contributed by atoms with Gasteiger partial charge in [-0.2, -0.15) is 4.98 Å². The van der Waals surface area contributed by atoms with Crippen molar-refractivity contribution in [3.8, 4) is 0 Å². The van der Waals surface area contributed by atoms with Crippen LogP contribution in [0.3, 0.4) is 0 Å². The number of amides is 1. The molecule has 156 valence electrons. The molecule has 2 aromatic carbocycles. The van der Waals surface area contributed by atoms with E-state index in [1.165, 1.54) is 5.56 Å². The van der Waals surface area contributed by atoms with Crippen LogP contribution in [0, 0.1) is 0 Å². The Bertz CT molecular complexity index is 1230. The van der Waals surface area contributed by atoms with Crippen molar-refractivity contribution in [3.05, 3.63) is 83.3 Å². The monoisotopic (exact) mass is 412 g/mol. The van der Waals surface area contributed by atoms with Gasteiger partial charge in [0.2, 0.25) is 5.95 Å². The van der Waals surface area contributed by atoms with Gasteiger partial charge in [-0.1, -0.05) is 42.5 Å². The van der Waals surface area contributed by atoms with Gasteiger partial charge >= 0.3 is 0 Å². The van der Waals surface area contributed by atoms with Crippen molar-refractivity contribution >= 4 is 28.4 Å². The van der Waals surface area contributed by atoms with Crippen molar-refractivity contribution in [1.29, 1.82) is 0 Å².